The Balaban J connectivity index is 2.70. The Morgan fingerprint density at radius 2 is 2.32 bits per heavy atom. The number of rotatable bonds is 6. The summed E-state index contributed by atoms with van der Waals surface area (Å²) in [6, 6.07) is 0. The zero-order valence-corrected chi connectivity index (χ0v) is 12.1. The first-order valence-electron chi connectivity index (χ1n) is 8.17. The van der Waals surface area contributed by atoms with Gasteiger partial charge < -0.3 is 4.74 Å². The predicted molar refractivity (Wildman–Crippen MR) is 75.7 cm³/mol. The minimum Gasteiger partial charge on any atom is -0.461 e. The van der Waals surface area contributed by atoms with E-state index >= 15 is 0 Å². The van der Waals surface area contributed by atoms with E-state index in [0.29, 0.717) is 19.3 Å². The van der Waals surface area contributed by atoms with E-state index in [1.54, 1.807) is 0 Å². The van der Waals surface area contributed by atoms with Gasteiger partial charge in [0, 0.05) is 16.1 Å². The molecule has 0 N–H and O–H groups in total. The van der Waals surface area contributed by atoms with E-state index in [9.17, 15) is 9.59 Å². The third-order valence-electron chi connectivity index (χ3n) is 3.86. The van der Waals surface area contributed by atoms with Gasteiger partial charge in [-0.3, -0.25) is 9.59 Å². The lowest BCUT2D eigenvalue weighted by atomic mass is 9.83. The molecular formula is C16H26O3. The summed E-state index contributed by atoms with van der Waals surface area (Å²) in [4.78, 5) is 23.4. The quantitative estimate of drug-likeness (QED) is 0.547. The van der Waals surface area contributed by atoms with Crippen LogP contribution in [0.1, 0.15) is 56.1 Å². The van der Waals surface area contributed by atoms with Crippen LogP contribution in [0.15, 0.2) is 12.2 Å². The molecular weight excluding hydrogens is 240 g/mol. The van der Waals surface area contributed by atoms with Crippen molar-refractivity contribution in [2.75, 3.05) is 0 Å². The van der Waals surface area contributed by atoms with E-state index in [1.165, 1.54) is 6.92 Å². The van der Waals surface area contributed by atoms with Crippen molar-refractivity contribution in [1.29, 1.82) is 0 Å². The molecule has 1 saturated carbocycles. The van der Waals surface area contributed by atoms with E-state index in [4.69, 9.17) is 7.48 Å². The summed E-state index contributed by atoms with van der Waals surface area (Å²) in [5.74, 6) is -0.0480. The Hall–Kier alpha value is -1.12. The van der Waals surface area contributed by atoms with Gasteiger partial charge in [0.1, 0.15) is 11.9 Å². The molecule has 1 aliphatic rings. The van der Waals surface area contributed by atoms with E-state index in [2.05, 4.69) is 0 Å². The van der Waals surface area contributed by atoms with Crippen LogP contribution in [0.2, 0.25) is 0 Å². The van der Waals surface area contributed by atoms with Gasteiger partial charge in [-0.1, -0.05) is 32.9 Å². The Labute approximate surface area is 119 Å². The topological polar surface area (TPSA) is 43.4 Å². The van der Waals surface area contributed by atoms with Crippen molar-refractivity contribution in [1.82, 2.24) is 0 Å². The summed E-state index contributed by atoms with van der Waals surface area (Å²) >= 11 is 0. The van der Waals surface area contributed by atoms with Crippen molar-refractivity contribution >= 4 is 11.8 Å². The van der Waals surface area contributed by atoms with Crippen LogP contribution >= 0.6 is 0 Å². The molecule has 0 aromatic heterocycles. The van der Waals surface area contributed by atoms with E-state index in [-0.39, 0.29) is 35.6 Å². The lowest BCUT2D eigenvalue weighted by molar-refractivity contribution is -0.154. The number of carbonyl (C=O) groups excluding carboxylic acids is 2. The molecule has 0 saturated heterocycles. The maximum atomic E-state index is 12.1. The summed E-state index contributed by atoms with van der Waals surface area (Å²) in [6.45, 7) is 4.55. The summed E-state index contributed by atoms with van der Waals surface area (Å²) < 4.78 is 19.7. The second-order valence-corrected chi connectivity index (χ2v) is 5.50. The second-order valence-electron chi connectivity index (χ2n) is 5.50. The number of ether oxygens (including phenoxy) is 1. The molecule has 19 heavy (non-hydrogen) atoms. The van der Waals surface area contributed by atoms with Crippen molar-refractivity contribution in [3.05, 3.63) is 12.2 Å². The van der Waals surface area contributed by atoms with Crippen molar-refractivity contribution in [3.8, 4) is 0 Å². The molecule has 0 aliphatic heterocycles. The third kappa shape index (κ3) is 4.48. The van der Waals surface area contributed by atoms with Crippen LogP contribution < -0.4 is 0 Å². The lowest BCUT2D eigenvalue weighted by Crippen LogP contribution is -2.37. The molecule has 0 bridgehead atoms. The van der Waals surface area contributed by atoms with Gasteiger partial charge in [0.25, 0.3) is 0 Å². The summed E-state index contributed by atoms with van der Waals surface area (Å²) in [5.41, 5.74) is 0. The van der Waals surface area contributed by atoms with E-state index in [1.807, 2.05) is 26.0 Å². The molecule has 4 atom stereocenters. The van der Waals surface area contributed by atoms with Crippen LogP contribution in [0.5, 0.6) is 0 Å². The normalized spacial score (nSPS) is 28.3. The van der Waals surface area contributed by atoms with Crippen LogP contribution in [0, 0.1) is 17.8 Å². The molecule has 0 spiro atoms. The minimum absolute atomic E-state index is 0.0505. The molecule has 1 aliphatic carbocycles. The van der Waals surface area contributed by atoms with E-state index in [0.717, 1.165) is 6.42 Å². The fraction of sp³-hybridized carbons (Fsp3) is 0.750. The van der Waals surface area contributed by atoms with Crippen molar-refractivity contribution in [2.24, 2.45) is 17.8 Å². The van der Waals surface area contributed by atoms with Gasteiger partial charge in [0.15, 0.2) is 0 Å². The van der Waals surface area contributed by atoms with Crippen molar-refractivity contribution < 1.29 is 17.1 Å². The number of hydrogen-bond acceptors (Lipinski definition) is 3. The van der Waals surface area contributed by atoms with Crippen molar-refractivity contribution in [2.45, 2.75) is 59.4 Å². The highest BCUT2D eigenvalue weighted by molar-refractivity contribution is 5.84. The molecule has 3 heteroatoms. The predicted octanol–water partition coefficient (Wildman–Crippen LogP) is 3.53. The maximum absolute atomic E-state index is 12.1. The largest absolute Gasteiger partial charge is 0.461 e. The van der Waals surface area contributed by atoms with Crippen LogP contribution in [0.3, 0.4) is 0 Å². The highest BCUT2D eigenvalue weighted by Crippen LogP contribution is 2.36. The summed E-state index contributed by atoms with van der Waals surface area (Å²) in [7, 11) is 0. The van der Waals surface area contributed by atoms with Gasteiger partial charge in [0.2, 0.25) is 0 Å². The maximum Gasteiger partial charge on any atom is 0.302 e. The molecule has 1 fully saturated rings. The average molecular weight is 268 g/mol. The molecule has 0 heterocycles. The SMILES string of the molecule is [2H]C([2H])C/C=C/C[C@@H](C)[C@@H](OC(C)=O)[C@H]1C(=O)CCC1C. The van der Waals surface area contributed by atoms with Gasteiger partial charge in [0.05, 0.1) is 5.92 Å². The smallest absolute Gasteiger partial charge is 0.302 e. The first-order valence-corrected chi connectivity index (χ1v) is 7.02. The van der Waals surface area contributed by atoms with Gasteiger partial charge in [-0.05, 0) is 31.1 Å². The van der Waals surface area contributed by atoms with Gasteiger partial charge in [-0.2, -0.15) is 0 Å². The van der Waals surface area contributed by atoms with Crippen LogP contribution in [-0.2, 0) is 14.3 Å². The molecule has 3 nitrogen and oxygen atoms in total. The van der Waals surface area contributed by atoms with E-state index < -0.39 is 6.88 Å². The molecule has 0 aromatic rings. The number of hydrogen-bond donors (Lipinski definition) is 0. The molecule has 1 unspecified atom stereocenters. The Morgan fingerprint density at radius 1 is 1.58 bits per heavy atom. The lowest BCUT2D eigenvalue weighted by Gasteiger charge is -2.30. The zero-order chi connectivity index (χ0) is 16.0. The fourth-order valence-electron chi connectivity index (χ4n) is 2.82. The Morgan fingerprint density at radius 3 is 2.84 bits per heavy atom. The summed E-state index contributed by atoms with van der Waals surface area (Å²) in [6.07, 6.45) is 5.87. The molecule has 0 amide bonds. The monoisotopic (exact) mass is 268 g/mol. The number of carbonyl (C=O) groups is 2. The molecule has 0 aromatic carbocycles. The highest BCUT2D eigenvalue weighted by atomic mass is 16.5. The first kappa shape index (κ1) is 12.9. The average Bonchev–Trinajstić information content (AvgIpc) is 2.71. The number of Topliss-reactive ketones (excluding diaryl/α,β-unsaturated/α-hetero) is 1. The van der Waals surface area contributed by atoms with Crippen LogP contribution in [0.25, 0.3) is 0 Å². The van der Waals surface area contributed by atoms with Gasteiger partial charge in [-0.25, -0.2) is 0 Å². The number of ketones is 1. The fourth-order valence-corrected chi connectivity index (χ4v) is 2.82. The van der Waals surface area contributed by atoms with Crippen LogP contribution in [0.4, 0.5) is 0 Å². The molecule has 0 radical (unpaired) electrons. The van der Waals surface area contributed by atoms with Gasteiger partial charge >= 0.3 is 5.97 Å². The highest BCUT2D eigenvalue weighted by Gasteiger charge is 2.41. The van der Waals surface area contributed by atoms with Gasteiger partial charge in [-0.15, -0.1) is 0 Å². The first-order chi connectivity index (χ1) is 9.82. The third-order valence-corrected chi connectivity index (χ3v) is 3.86. The standard InChI is InChI=1S/C16H26O3/c1-5-6-7-8-12(3)16(19-13(4)17)15-11(2)9-10-14(15)18/h6-7,11-12,15-16H,5,8-10H2,1-4H3/b7-6+/t11?,12-,15-,16-/m1/s1/i1D2. The Bertz CT molecular complexity index is 393. The van der Waals surface area contributed by atoms with Crippen LogP contribution in [-0.4, -0.2) is 17.9 Å². The minimum atomic E-state index is -0.850. The Kier molecular flexibility index (Phi) is 5.06. The van der Waals surface area contributed by atoms with Crippen molar-refractivity contribution in [3.63, 3.8) is 0 Å². The second kappa shape index (κ2) is 7.46. The molecule has 1 rings (SSSR count). The number of allylic oxidation sites excluding steroid dienone is 2. The zero-order valence-electron chi connectivity index (χ0n) is 14.1. The summed E-state index contributed by atoms with van der Waals surface area (Å²) in [5, 5.41) is 0. The number of esters is 1. The molecule has 108 valence electrons.